The number of nitrogens with zero attached hydrogens (tertiary/aromatic N) is 3. The van der Waals surface area contributed by atoms with Crippen molar-refractivity contribution in [3.05, 3.63) is 87.0 Å². The van der Waals surface area contributed by atoms with E-state index in [1.165, 1.54) is 6.07 Å². The Kier molecular flexibility index (Phi) is 3.54. The first-order valence-corrected chi connectivity index (χ1v) is 7.77. The molecule has 0 aliphatic heterocycles. The Morgan fingerprint density at radius 1 is 0.731 bits per heavy atom. The lowest BCUT2D eigenvalue weighted by atomic mass is 9.98. The van der Waals surface area contributed by atoms with Crippen LogP contribution in [0.25, 0.3) is 32.9 Å². The van der Waals surface area contributed by atoms with Crippen LogP contribution in [0.4, 0.5) is 11.4 Å². The van der Waals surface area contributed by atoms with Gasteiger partial charge < -0.3 is 0 Å². The SMILES string of the molecule is O=[N+]([O-])c1ccc2nc(-c3ccccc3)c3ccccc3c2c1[N+](=O)[O-]. The highest BCUT2D eigenvalue weighted by molar-refractivity contribution is 6.15. The van der Waals surface area contributed by atoms with Gasteiger partial charge in [0.1, 0.15) is 0 Å². The van der Waals surface area contributed by atoms with Crippen molar-refractivity contribution in [1.29, 1.82) is 0 Å². The molecular weight excluding hydrogens is 334 g/mol. The Hall–Kier alpha value is -3.87. The van der Waals surface area contributed by atoms with Gasteiger partial charge in [0.25, 0.3) is 0 Å². The standard InChI is InChI=1S/C19H11N3O4/c23-21(24)16-11-10-15-17(19(16)22(25)26)13-8-4-5-9-14(13)18(20-15)12-6-2-1-3-7-12/h1-11H. The van der Waals surface area contributed by atoms with E-state index in [-0.39, 0.29) is 5.39 Å². The molecule has 7 nitrogen and oxygen atoms in total. The number of nitro groups is 2. The first-order valence-electron chi connectivity index (χ1n) is 7.77. The van der Waals surface area contributed by atoms with Crippen LogP contribution in [0.15, 0.2) is 66.7 Å². The van der Waals surface area contributed by atoms with E-state index in [4.69, 9.17) is 0 Å². The first-order chi connectivity index (χ1) is 12.6. The zero-order chi connectivity index (χ0) is 18.3. The molecule has 0 saturated carbocycles. The molecule has 0 fully saturated rings. The Bertz CT molecular complexity index is 1190. The Balaban J connectivity index is 2.22. The van der Waals surface area contributed by atoms with Crippen molar-refractivity contribution in [1.82, 2.24) is 4.98 Å². The predicted molar refractivity (Wildman–Crippen MR) is 98.0 cm³/mol. The fourth-order valence-corrected chi connectivity index (χ4v) is 3.16. The van der Waals surface area contributed by atoms with E-state index in [0.717, 1.165) is 11.6 Å². The van der Waals surface area contributed by atoms with Gasteiger partial charge in [-0.3, -0.25) is 20.2 Å². The molecule has 26 heavy (non-hydrogen) atoms. The molecule has 0 saturated heterocycles. The van der Waals surface area contributed by atoms with Gasteiger partial charge in [0, 0.05) is 22.4 Å². The summed E-state index contributed by atoms with van der Waals surface area (Å²) in [6, 6.07) is 19.2. The van der Waals surface area contributed by atoms with Crippen LogP contribution in [0.2, 0.25) is 0 Å². The zero-order valence-corrected chi connectivity index (χ0v) is 13.3. The van der Waals surface area contributed by atoms with Gasteiger partial charge in [0.2, 0.25) is 0 Å². The smallest absolute Gasteiger partial charge is 0.258 e. The van der Waals surface area contributed by atoms with Gasteiger partial charge >= 0.3 is 11.4 Å². The molecule has 7 heteroatoms. The lowest BCUT2D eigenvalue weighted by molar-refractivity contribution is -0.421. The number of rotatable bonds is 3. The van der Waals surface area contributed by atoms with Crippen LogP contribution in [0, 0.1) is 20.2 Å². The van der Waals surface area contributed by atoms with Gasteiger partial charge in [0.15, 0.2) is 0 Å². The number of hydrogen-bond acceptors (Lipinski definition) is 5. The lowest BCUT2D eigenvalue weighted by Crippen LogP contribution is -1.99. The van der Waals surface area contributed by atoms with E-state index in [1.807, 2.05) is 42.5 Å². The highest BCUT2D eigenvalue weighted by atomic mass is 16.6. The van der Waals surface area contributed by atoms with Crippen LogP contribution < -0.4 is 0 Å². The van der Waals surface area contributed by atoms with Crippen molar-refractivity contribution in [2.75, 3.05) is 0 Å². The van der Waals surface area contributed by atoms with Crippen LogP contribution in [-0.2, 0) is 0 Å². The molecule has 0 aliphatic carbocycles. The molecule has 0 atom stereocenters. The summed E-state index contributed by atoms with van der Waals surface area (Å²) >= 11 is 0. The van der Waals surface area contributed by atoms with E-state index >= 15 is 0 Å². The summed E-state index contributed by atoms with van der Waals surface area (Å²) in [5, 5.41) is 24.3. The third-order valence-corrected chi connectivity index (χ3v) is 4.24. The van der Waals surface area contributed by atoms with Gasteiger partial charge in [-0.25, -0.2) is 4.98 Å². The van der Waals surface area contributed by atoms with Gasteiger partial charge in [0.05, 0.1) is 26.4 Å². The van der Waals surface area contributed by atoms with Gasteiger partial charge in [-0.15, -0.1) is 0 Å². The van der Waals surface area contributed by atoms with E-state index in [2.05, 4.69) is 4.98 Å². The highest BCUT2D eigenvalue weighted by Crippen LogP contribution is 2.40. The maximum absolute atomic E-state index is 11.6. The molecule has 0 unspecified atom stereocenters. The largest absolute Gasteiger partial charge is 0.355 e. The number of benzene rings is 3. The summed E-state index contributed by atoms with van der Waals surface area (Å²) in [6.07, 6.45) is 0. The molecule has 0 amide bonds. The monoisotopic (exact) mass is 345 g/mol. The number of pyridine rings is 1. The minimum absolute atomic E-state index is 0.180. The Labute approximate surface area is 146 Å². The summed E-state index contributed by atoms with van der Waals surface area (Å²) in [5.41, 5.74) is 0.820. The van der Waals surface area contributed by atoms with E-state index in [1.54, 1.807) is 12.1 Å². The molecule has 126 valence electrons. The van der Waals surface area contributed by atoms with E-state index in [9.17, 15) is 20.2 Å². The topological polar surface area (TPSA) is 99.2 Å². The highest BCUT2D eigenvalue weighted by Gasteiger charge is 2.29. The van der Waals surface area contributed by atoms with Gasteiger partial charge in [-0.05, 0) is 6.07 Å². The first kappa shape index (κ1) is 15.6. The maximum Gasteiger partial charge on any atom is 0.355 e. The molecule has 1 aromatic heterocycles. The fraction of sp³-hybridized carbons (Fsp3) is 0. The van der Waals surface area contributed by atoms with Crippen LogP contribution in [0.5, 0.6) is 0 Å². The average molecular weight is 345 g/mol. The van der Waals surface area contributed by atoms with E-state index < -0.39 is 21.2 Å². The zero-order valence-electron chi connectivity index (χ0n) is 13.3. The molecule has 0 bridgehead atoms. The second kappa shape index (κ2) is 5.89. The van der Waals surface area contributed by atoms with Crippen molar-refractivity contribution in [2.24, 2.45) is 0 Å². The third-order valence-electron chi connectivity index (χ3n) is 4.24. The number of nitro benzene ring substituents is 2. The summed E-state index contributed by atoms with van der Waals surface area (Å²) in [6.45, 7) is 0. The summed E-state index contributed by atoms with van der Waals surface area (Å²) < 4.78 is 0. The van der Waals surface area contributed by atoms with Crippen molar-refractivity contribution in [3.63, 3.8) is 0 Å². The van der Waals surface area contributed by atoms with Crippen LogP contribution in [0.1, 0.15) is 0 Å². The van der Waals surface area contributed by atoms with Gasteiger partial charge in [-0.2, -0.15) is 0 Å². The molecule has 0 N–H and O–H groups in total. The Morgan fingerprint density at radius 3 is 2.04 bits per heavy atom. The second-order valence-corrected chi connectivity index (χ2v) is 5.71. The number of hydrogen-bond donors (Lipinski definition) is 0. The Morgan fingerprint density at radius 2 is 1.38 bits per heavy atom. The summed E-state index contributed by atoms with van der Waals surface area (Å²) in [7, 11) is 0. The summed E-state index contributed by atoms with van der Waals surface area (Å²) in [5.74, 6) is 0. The van der Waals surface area contributed by atoms with Crippen LogP contribution >= 0.6 is 0 Å². The number of fused-ring (bicyclic) bond motifs is 3. The van der Waals surface area contributed by atoms with Crippen molar-refractivity contribution in [3.8, 4) is 11.3 Å². The average Bonchev–Trinajstić information content (AvgIpc) is 2.66. The minimum Gasteiger partial charge on any atom is -0.258 e. The molecule has 3 aromatic carbocycles. The van der Waals surface area contributed by atoms with Crippen LogP contribution in [-0.4, -0.2) is 14.8 Å². The van der Waals surface area contributed by atoms with Crippen molar-refractivity contribution >= 4 is 33.1 Å². The fourth-order valence-electron chi connectivity index (χ4n) is 3.16. The molecule has 1 heterocycles. The molecule has 0 spiro atoms. The lowest BCUT2D eigenvalue weighted by Gasteiger charge is -2.10. The number of aromatic nitrogens is 1. The predicted octanol–water partition coefficient (Wildman–Crippen LogP) is 4.87. The van der Waals surface area contributed by atoms with Crippen molar-refractivity contribution < 1.29 is 9.85 Å². The second-order valence-electron chi connectivity index (χ2n) is 5.71. The molecule has 4 aromatic rings. The van der Waals surface area contributed by atoms with Crippen LogP contribution in [0.3, 0.4) is 0 Å². The molecule has 4 rings (SSSR count). The third kappa shape index (κ3) is 2.34. The molecular formula is C19H11N3O4. The normalized spacial score (nSPS) is 10.9. The van der Waals surface area contributed by atoms with Gasteiger partial charge in [-0.1, -0.05) is 54.6 Å². The molecule has 0 radical (unpaired) electrons. The molecule has 0 aliphatic rings. The van der Waals surface area contributed by atoms with Crippen molar-refractivity contribution in [2.45, 2.75) is 0 Å². The van der Waals surface area contributed by atoms with E-state index in [0.29, 0.717) is 22.0 Å². The quantitative estimate of drug-likeness (QED) is 0.299. The maximum atomic E-state index is 11.6. The summed E-state index contributed by atoms with van der Waals surface area (Å²) in [4.78, 5) is 26.0. The minimum atomic E-state index is -0.739.